The molecule has 0 aliphatic rings. The number of ether oxygens (including phenoxy) is 3. The fourth-order valence-electron chi connectivity index (χ4n) is 3.71. The van der Waals surface area contributed by atoms with Crippen LogP contribution in [0.2, 0.25) is 0 Å². The lowest BCUT2D eigenvalue weighted by Crippen LogP contribution is -2.08. The van der Waals surface area contributed by atoms with Crippen LogP contribution in [0.1, 0.15) is 16.7 Å². The second kappa shape index (κ2) is 11.3. The standard InChI is InChI=1S/C28H16F10N2O3/c1-2-17-22(29)24(31)26(25(32)23(17)30)43-16-10-14(41-20-5-3-12(39)7-18(20)27(33,34)35)9-15(11-16)42-21-6-4-13(40)8-19(21)28(36,37)38/h2-11H,1,39-40H2. The van der Waals surface area contributed by atoms with Gasteiger partial charge >= 0.3 is 12.4 Å². The van der Waals surface area contributed by atoms with Gasteiger partial charge in [-0.1, -0.05) is 12.7 Å². The number of anilines is 2. The maximum atomic E-state index is 14.6. The zero-order valence-corrected chi connectivity index (χ0v) is 21.1. The number of nitrogens with two attached hydrogens (primary N) is 2. The molecule has 43 heavy (non-hydrogen) atoms. The molecule has 15 heteroatoms. The second-order valence-corrected chi connectivity index (χ2v) is 8.66. The SMILES string of the molecule is C=Cc1c(F)c(F)c(Oc2cc(Oc3ccc(N)cc3C(F)(F)F)cc(Oc3ccc(N)cc3C(F)(F)F)c2)c(F)c1F. The highest BCUT2D eigenvalue weighted by molar-refractivity contribution is 5.56. The molecule has 0 aliphatic heterocycles. The lowest BCUT2D eigenvalue weighted by molar-refractivity contribution is -0.139. The zero-order chi connectivity index (χ0) is 31.9. The van der Waals surface area contributed by atoms with Crippen molar-refractivity contribution in [2.24, 2.45) is 0 Å². The lowest BCUT2D eigenvalue weighted by atomic mass is 10.1. The first-order valence-electron chi connectivity index (χ1n) is 11.6. The van der Waals surface area contributed by atoms with Crippen LogP contribution in [0, 0.1) is 23.3 Å². The lowest BCUT2D eigenvalue weighted by Gasteiger charge is -2.18. The fourth-order valence-corrected chi connectivity index (χ4v) is 3.71. The summed E-state index contributed by atoms with van der Waals surface area (Å²) in [6, 6.07) is 7.09. The van der Waals surface area contributed by atoms with Crippen molar-refractivity contribution in [2.75, 3.05) is 11.5 Å². The van der Waals surface area contributed by atoms with Crippen molar-refractivity contribution in [1.29, 1.82) is 0 Å². The number of benzene rings is 4. The second-order valence-electron chi connectivity index (χ2n) is 8.66. The van der Waals surface area contributed by atoms with E-state index in [4.69, 9.17) is 25.7 Å². The fraction of sp³-hybridized carbons (Fsp3) is 0.0714. The Morgan fingerprint density at radius 3 is 1.28 bits per heavy atom. The van der Waals surface area contributed by atoms with Crippen molar-refractivity contribution in [1.82, 2.24) is 0 Å². The molecule has 0 bridgehead atoms. The summed E-state index contributed by atoms with van der Waals surface area (Å²) < 4.78 is 155. The van der Waals surface area contributed by atoms with Gasteiger partial charge in [-0.05, 0) is 36.4 Å². The molecule has 0 saturated carbocycles. The number of halogens is 10. The minimum Gasteiger partial charge on any atom is -0.456 e. The predicted molar refractivity (Wildman–Crippen MR) is 135 cm³/mol. The van der Waals surface area contributed by atoms with E-state index in [1.165, 1.54) is 0 Å². The van der Waals surface area contributed by atoms with E-state index >= 15 is 0 Å². The first-order valence-corrected chi connectivity index (χ1v) is 11.6. The molecule has 0 radical (unpaired) electrons. The number of hydrogen-bond donors (Lipinski definition) is 2. The quantitative estimate of drug-likeness (QED) is 0.123. The van der Waals surface area contributed by atoms with E-state index in [1.54, 1.807) is 0 Å². The van der Waals surface area contributed by atoms with Gasteiger partial charge in [-0.2, -0.15) is 35.1 Å². The van der Waals surface area contributed by atoms with E-state index in [9.17, 15) is 43.9 Å². The minimum absolute atomic E-state index is 0.290. The van der Waals surface area contributed by atoms with Crippen LogP contribution in [-0.4, -0.2) is 0 Å². The minimum atomic E-state index is -4.99. The van der Waals surface area contributed by atoms with Crippen LogP contribution in [-0.2, 0) is 12.4 Å². The van der Waals surface area contributed by atoms with E-state index < -0.39 is 86.8 Å². The molecule has 4 aromatic rings. The third-order valence-corrected chi connectivity index (χ3v) is 5.61. The number of nitrogen functional groups attached to an aromatic ring is 2. The summed E-state index contributed by atoms with van der Waals surface area (Å²) in [6.07, 6.45) is -9.48. The van der Waals surface area contributed by atoms with Gasteiger partial charge < -0.3 is 25.7 Å². The molecule has 0 aliphatic carbocycles. The molecular formula is C28H16F10N2O3. The zero-order valence-electron chi connectivity index (χ0n) is 21.1. The molecule has 4 rings (SSSR count). The topological polar surface area (TPSA) is 79.7 Å². The van der Waals surface area contributed by atoms with Crippen molar-refractivity contribution in [2.45, 2.75) is 12.4 Å². The van der Waals surface area contributed by atoms with E-state index in [1.807, 2.05) is 0 Å². The molecule has 0 spiro atoms. The third-order valence-electron chi connectivity index (χ3n) is 5.61. The van der Waals surface area contributed by atoms with E-state index in [-0.39, 0.29) is 11.4 Å². The first-order chi connectivity index (χ1) is 20.0. The van der Waals surface area contributed by atoms with Crippen LogP contribution in [0.3, 0.4) is 0 Å². The van der Waals surface area contributed by atoms with Crippen LogP contribution in [0.15, 0.2) is 61.2 Å². The highest BCUT2D eigenvalue weighted by Gasteiger charge is 2.36. The van der Waals surface area contributed by atoms with Gasteiger partial charge in [0.25, 0.3) is 0 Å². The van der Waals surface area contributed by atoms with Crippen LogP contribution in [0.25, 0.3) is 6.08 Å². The van der Waals surface area contributed by atoms with Crippen molar-refractivity contribution in [3.05, 3.63) is 101 Å². The van der Waals surface area contributed by atoms with E-state index in [0.717, 1.165) is 42.5 Å². The molecule has 0 atom stereocenters. The molecule has 0 unspecified atom stereocenters. The molecule has 4 aromatic carbocycles. The van der Waals surface area contributed by atoms with Crippen LogP contribution >= 0.6 is 0 Å². The van der Waals surface area contributed by atoms with Gasteiger partial charge in [-0.25, -0.2) is 8.78 Å². The van der Waals surface area contributed by atoms with Gasteiger partial charge in [0.2, 0.25) is 17.4 Å². The molecule has 226 valence electrons. The van der Waals surface area contributed by atoms with Crippen molar-refractivity contribution < 1.29 is 58.1 Å². The molecule has 5 nitrogen and oxygen atoms in total. The summed E-state index contributed by atoms with van der Waals surface area (Å²) in [5.41, 5.74) is 6.41. The van der Waals surface area contributed by atoms with Crippen molar-refractivity contribution in [3.63, 3.8) is 0 Å². The van der Waals surface area contributed by atoms with Crippen LogP contribution in [0.5, 0.6) is 34.5 Å². The van der Waals surface area contributed by atoms with Gasteiger partial charge in [0, 0.05) is 29.6 Å². The van der Waals surface area contributed by atoms with Gasteiger partial charge in [0.1, 0.15) is 39.9 Å². The maximum absolute atomic E-state index is 14.6. The Hall–Kier alpha value is -5.08. The van der Waals surface area contributed by atoms with Crippen LogP contribution < -0.4 is 25.7 Å². The van der Waals surface area contributed by atoms with Gasteiger partial charge in [-0.3, -0.25) is 0 Å². The molecule has 0 fully saturated rings. The molecular weight excluding hydrogens is 602 g/mol. The summed E-state index contributed by atoms with van der Waals surface area (Å²) in [6.45, 7) is 3.05. The molecule has 0 heterocycles. The molecule has 4 N–H and O–H groups in total. The summed E-state index contributed by atoms with van der Waals surface area (Å²) in [5.74, 6) is -13.2. The highest BCUT2D eigenvalue weighted by Crippen LogP contribution is 2.44. The van der Waals surface area contributed by atoms with Crippen molar-refractivity contribution >= 4 is 17.5 Å². The third kappa shape index (κ3) is 6.55. The Morgan fingerprint density at radius 2 is 0.930 bits per heavy atom. The predicted octanol–water partition coefficient (Wildman–Crippen LogP) is 9.46. The maximum Gasteiger partial charge on any atom is 0.420 e. The Morgan fingerprint density at radius 1 is 0.558 bits per heavy atom. The summed E-state index contributed by atoms with van der Waals surface area (Å²) >= 11 is 0. The first kappa shape index (κ1) is 30.9. The smallest absolute Gasteiger partial charge is 0.420 e. The average molecular weight is 618 g/mol. The molecule has 0 amide bonds. The number of hydrogen-bond acceptors (Lipinski definition) is 5. The van der Waals surface area contributed by atoms with Crippen molar-refractivity contribution in [3.8, 4) is 34.5 Å². The largest absolute Gasteiger partial charge is 0.456 e. The Labute approximate surface area is 235 Å². The van der Waals surface area contributed by atoms with Gasteiger partial charge in [-0.15, -0.1) is 0 Å². The van der Waals surface area contributed by atoms with Crippen LogP contribution in [0.4, 0.5) is 55.3 Å². The highest BCUT2D eigenvalue weighted by atomic mass is 19.4. The Bertz CT molecular complexity index is 1610. The Kier molecular flexibility index (Phi) is 8.11. The molecule has 0 aromatic heterocycles. The van der Waals surface area contributed by atoms with E-state index in [2.05, 4.69) is 6.58 Å². The summed E-state index contributed by atoms with van der Waals surface area (Å²) in [7, 11) is 0. The molecule has 0 saturated heterocycles. The van der Waals surface area contributed by atoms with Gasteiger partial charge in [0.15, 0.2) is 11.6 Å². The summed E-state index contributed by atoms with van der Waals surface area (Å²) in [4.78, 5) is 0. The normalized spacial score (nSPS) is 11.8. The number of rotatable bonds is 7. The monoisotopic (exact) mass is 618 g/mol. The van der Waals surface area contributed by atoms with E-state index in [0.29, 0.717) is 18.2 Å². The summed E-state index contributed by atoms with van der Waals surface area (Å²) in [5, 5.41) is 0. The average Bonchev–Trinajstić information content (AvgIpc) is 2.91. The number of alkyl halides is 6. The van der Waals surface area contributed by atoms with Gasteiger partial charge in [0.05, 0.1) is 5.56 Å². The Balaban J connectivity index is 1.86.